The van der Waals surface area contributed by atoms with Gasteiger partial charge in [-0.15, -0.1) is 0 Å². The SMILES string of the molecule is CCCC1(O)CN(C(=O)c2cc(F)ccc2Br)C1. The number of hydrogen-bond donors (Lipinski definition) is 1. The van der Waals surface area contributed by atoms with Crippen molar-refractivity contribution >= 4 is 21.8 Å². The second kappa shape index (κ2) is 4.97. The molecule has 1 saturated heterocycles. The molecule has 18 heavy (non-hydrogen) atoms. The summed E-state index contributed by atoms with van der Waals surface area (Å²) in [5, 5.41) is 10.0. The van der Waals surface area contributed by atoms with Crippen LogP contribution >= 0.6 is 15.9 Å². The molecule has 0 aliphatic carbocycles. The molecule has 98 valence electrons. The molecular weight excluding hydrogens is 301 g/mol. The molecule has 2 rings (SSSR count). The monoisotopic (exact) mass is 315 g/mol. The maximum atomic E-state index is 13.1. The summed E-state index contributed by atoms with van der Waals surface area (Å²) in [7, 11) is 0. The molecule has 5 heteroatoms. The summed E-state index contributed by atoms with van der Waals surface area (Å²) in [6, 6.07) is 4.02. The van der Waals surface area contributed by atoms with E-state index in [-0.39, 0.29) is 5.91 Å². The average Bonchev–Trinajstić information content (AvgIpc) is 2.28. The lowest BCUT2D eigenvalue weighted by Gasteiger charge is -2.46. The third-order valence-electron chi connectivity index (χ3n) is 3.13. The van der Waals surface area contributed by atoms with Crippen LogP contribution in [-0.4, -0.2) is 34.6 Å². The van der Waals surface area contributed by atoms with Crippen LogP contribution in [0.25, 0.3) is 0 Å². The van der Waals surface area contributed by atoms with Crippen LogP contribution in [0.5, 0.6) is 0 Å². The second-order valence-corrected chi connectivity index (χ2v) is 5.61. The van der Waals surface area contributed by atoms with Crippen LogP contribution in [0.1, 0.15) is 30.1 Å². The number of likely N-dealkylation sites (tertiary alicyclic amines) is 1. The highest BCUT2D eigenvalue weighted by atomic mass is 79.9. The summed E-state index contributed by atoms with van der Waals surface area (Å²) >= 11 is 3.24. The molecule has 3 nitrogen and oxygen atoms in total. The summed E-state index contributed by atoms with van der Waals surface area (Å²) < 4.78 is 13.7. The van der Waals surface area contributed by atoms with E-state index in [1.807, 2.05) is 6.92 Å². The van der Waals surface area contributed by atoms with Crippen molar-refractivity contribution in [3.05, 3.63) is 34.1 Å². The van der Waals surface area contributed by atoms with Gasteiger partial charge in [-0.2, -0.15) is 0 Å². The number of aliphatic hydroxyl groups is 1. The zero-order valence-electron chi connectivity index (χ0n) is 10.1. The van der Waals surface area contributed by atoms with Crippen molar-refractivity contribution in [2.75, 3.05) is 13.1 Å². The fourth-order valence-corrected chi connectivity index (χ4v) is 2.68. The van der Waals surface area contributed by atoms with Crippen LogP contribution in [0.4, 0.5) is 4.39 Å². The minimum absolute atomic E-state index is 0.248. The van der Waals surface area contributed by atoms with E-state index >= 15 is 0 Å². The van der Waals surface area contributed by atoms with E-state index in [2.05, 4.69) is 15.9 Å². The van der Waals surface area contributed by atoms with Crippen molar-refractivity contribution in [1.29, 1.82) is 0 Å². The summed E-state index contributed by atoms with van der Waals surface area (Å²) in [5.41, 5.74) is -0.460. The smallest absolute Gasteiger partial charge is 0.255 e. The molecule has 0 unspecified atom stereocenters. The Balaban J connectivity index is 2.08. The highest BCUT2D eigenvalue weighted by molar-refractivity contribution is 9.10. The number of amides is 1. The van der Waals surface area contributed by atoms with Crippen LogP contribution in [0.3, 0.4) is 0 Å². The van der Waals surface area contributed by atoms with Gasteiger partial charge in [-0.25, -0.2) is 4.39 Å². The number of nitrogens with zero attached hydrogens (tertiary/aromatic N) is 1. The number of halogens is 2. The zero-order valence-corrected chi connectivity index (χ0v) is 11.7. The Morgan fingerprint density at radius 2 is 2.22 bits per heavy atom. The Morgan fingerprint density at radius 3 is 2.83 bits per heavy atom. The number of rotatable bonds is 3. The highest BCUT2D eigenvalue weighted by Gasteiger charge is 2.43. The Morgan fingerprint density at radius 1 is 1.56 bits per heavy atom. The largest absolute Gasteiger partial charge is 0.386 e. The minimum Gasteiger partial charge on any atom is -0.386 e. The van der Waals surface area contributed by atoms with Gasteiger partial charge in [0.2, 0.25) is 0 Å². The normalized spacial score (nSPS) is 17.4. The summed E-state index contributed by atoms with van der Waals surface area (Å²) in [5.74, 6) is -0.687. The minimum atomic E-state index is -0.760. The highest BCUT2D eigenvalue weighted by Crippen LogP contribution is 2.29. The Hall–Kier alpha value is -0.940. The van der Waals surface area contributed by atoms with Gasteiger partial charge >= 0.3 is 0 Å². The molecule has 0 radical (unpaired) electrons. The number of carbonyl (C=O) groups is 1. The first-order chi connectivity index (χ1) is 8.45. The first-order valence-electron chi connectivity index (χ1n) is 5.92. The van der Waals surface area contributed by atoms with Gasteiger partial charge in [0.25, 0.3) is 5.91 Å². The molecule has 1 heterocycles. The zero-order chi connectivity index (χ0) is 13.3. The third-order valence-corrected chi connectivity index (χ3v) is 3.82. The Labute approximate surface area is 114 Å². The van der Waals surface area contributed by atoms with E-state index in [4.69, 9.17) is 0 Å². The van der Waals surface area contributed by atoms with Crippen molar-refractivity contribution < 1.29 is 14.3 Å². The van der Waals surface area contributed by atoms with Gasteiger partial charge in [-0.1, -0.05) is 13.3 Å². The maximum Gasteiger partial charge on any atom is 0.255 e. The lowest BCUT2D eigenvalue weighted by atomic mass is 9.89. The van der Waals surface area contributed by atoms with Crippen molar-refractivity contribution in [2.45, 2.75) is 25.4 Å². The molecule has 0 saturated carbocycles. The van der Waals surface area contributed by atoms with E-state index in [1.54, 1.807) is 0 Å². The molecule has 0 spiro atoms. The van der Waals surface area contributed by atoms with Crippen LogP contribution in [0.2, 0.25) is 0 Å². The number of hydrogen-bond acceptors (Lipinski definition) is 2. The van der Waals surface area contributed by atoms with Crippen LogP contribution < -0.4 is 0 Å². The van der Waals surface area contributed by atoms with Crippen LogP contribution in [-0.2, 0) is 0 Å². The molecule has 1 amide bonds. The standard InChI is InChI=1S/C13H15BrFNO2/c1-2-5-13(18)7-16(8-13)12(17)10-6-9(15)3-4-11(10)14/h3-4,6,18H,2,5,7-8H2,1H3. The first-order valence-corrected chi connectivity index (χ1v) is 6.71. The molecule has 1 aliphatic rings. The third kappa shape index (κ3) is 2.57. The number of β-amino-alcohol motifs (C(OH)–C–C–N with tert-alkyl or cyclic N) is 1. The van der Waals surface area contributed by atoms with Gasteiger partial charge in [-0.05, 0) is 40.5 Å². The van der Waals surface area contributed by atoms with E-state index in [0.717, 1.165) is 6.42 Å². The summed E-state index contributed by atoms with van der Waals surface area (Å²) in [6.45, 7) is 2.64. The van der Waals surface area contributed by atoms with Crippen molar-refractivity contribution in [3.8, 4) is 0 Å². The molecule has 1 fully saturated rings. The van der Waals surface area contributed by atoms with Gasteiger partial charge < -0.3 is 10.0 Å². The van der Waals surface area contributed by atoms with E-state index in [0.29, 0.717) is 29.5 Å². The van der Waals surface area contributed by atoms with Gasteiger partial charge in [0.15, 0.2) is 0 Å². The fraction of sp³-hybridized carbons (Fsp3) is 0.462. The predicted molar refractivity (Wildman–Crippen MR) is 69.9 cm³/mol. The van der Waals surface area contributed by atoms with Crippen LogP contribution in [0.15, 0.2) is 22.7 Å². The van der Waals surface area contributed by atoms with Gasteiger partial charge in [-0.3, -0.25) is 4.79 Å². The maximum absolute atomic E-state index is 13.1. The first kappa shape index (κ1) is 13.5. The molecule has 0 aromatic heterocycles. The van der Waals surface area contributed by atoms with E-state index < -0.39 is 11.4 Å². The van der Waals surface area contributed by atoms with Crippen molar-refractivity contribution in [1.82, 2.24) is 4.90 Å². The van der Waals surface area contributed by atoms with Gasteiger partial charge in [0, 0.05) is 4.47 Å². The topological polar surface area (TPSA) is 40.5 Å². The molecule has 1 aliphatic heterocycles. The number of benzene rings is 1. The lowest BCUT2D eigenvalue weighted by Crippen LogP contribution is -2.63. The van der Waals surface area contributed by atoms with Crippen LogP contribution in [0, 0.1) is 5.82 Å². The molecule has 1 aromatic rings. The second-order valence-electron chi connectivity index (χ2n) is 4.76. The Bertz CT molecular complexity index is 472. The van der Waals surface area contributed by atoms with E-state index in [9.17, 15) is 14.3 Å². The average molecular weight is 316 g/mol. The molecular formula is C13H15BrFNO2. The molecule has 0 bridgehead atoms. The molecule has 0 atom stereocenters. The van der Waals surface area contributed by atoms with Gasteiger partial charge in [0.1, 0.15) is 5.82 Å². The molecule has 1 aromatic carbocycles. The quantitative estimate of drug-likeness (QED) is 0.931. The molecule has 1 N–H and O–H groups in total. The van der Waals surface area contributed by atoms with Crippen molar-refractivity contribution in [3.63, 3.8) is 0 Å². The predicted octanol–water partition coefficient (Wildman–Crippen LogP) is 2.58. The summed E-state index contributed by atoms with van der Waals surface area (Å²) in [4.78, 5) is 13.6. The number of carbonyl (C=O) groups excluding carboxylic acids is 1. The van der Waals surface area contributed by atoms with E-state index in [1.165, 1.54) is 23.1 Å². The fourth-order valence-electron chi connectivity index (χ4n) is 2.26. The van der Waals surface area contributed by atoms with Gasteiger partial charge in [0.05, 0.1) is 24.3 Å². The van der Waals surface area contributed by atoms with Crippen molar-refractivity contribution in [2.24, 2.45) is 0 Å². The Kier molecular flexibility index (Phi) is 3.73. The summed E-state index contributed by atoms with van der Waals surface area (Å²) in [6.07, 6.45) is 1.56. The lowest BCUT2D eigenvalue weighted by molar-refractivity contribution is -0.0860.